The molecule has 1 amide bonds. The minimum absolute atomic E-state index is 0.268. The molecule has 2 N–H and O–H groups in total. The number of halogens is 2. The average Bonchev–Trinajstić information content (AvgIpc) is 2.96. The number of amides is 1. The van der Waals surface area contributed by atoms with Crippen LogP contribution in [0.3, 0.4) is 0 Å². The number of hydrogen-bond acceptors (Lipinski definition) is 5. The van der Waals surface area contributed by atoms with Gasteiger partial charge in [-0.25, -0.2) is 13.1 Å². The molecule has 0 radical (unpaired) electrons. The lowest BCUT2D eigenvalue weighted by Crippen LogP contribution is -2.24. The highest BCUT2D eigenvalue weighted by atomic mass is 32.2. The maximum Gasteiger partial charge on any atom is 0.288 e. The van der Waals surface area contributed by atoms with Crippen LogP contribution in [0.4, 0.5) is 14.5 Å². The van der Waals surface area contributed by atoms with E-state index in [-0.39, 0.29) is 12.5 Å². The Kier molecular flexibility index (Phi) is 6.94. The van der Waals surface area contributed by atoms with Crippen molar-refractivity contribution in [2.24, 2.45) is 0 Å². The normalized spacial score (nSPS) is 11.7. The van der Waals surface area contributed by atoms with E-state index in [1.807, 2.05) is 0 Å². The van der Waals surface area contributed by atoms with Gasteiger partial charge in [-0.1, -0.05) is 11.8 Å². The highest BCUT2D eigenvalue weighted by Gasteiger charge is 2.11. The van der Waals surface area contributed by atoms with E-state index < -0.39 is 15.8 Å². The Morgan fingerprint density at radius 2 is 1.88 bits per heavy atom. The third kappa shape index (κ3) is 7.10. The fourth-order valence-electron chi connectivity index (χ4n) is 1.91. The second-order valence-electron chi connectivity index (χ2n) is 5.04. The molecule has 0 spiro atoms. The summed E-state index contributed by atoms with van der Waals surface area (Å²) in [5, 5.41) is 2.70. The number of anilines is 1. The van der Waals surface area contributed by atoms with Crippen LogP contribution in [-0.2, 0) is 16.4 Å². The number of rotatable bonds is 8. The summed E-state index contributed by atoms with van der Waals surface area (Å²) in [6.07, 6.45) is 1.58. The molecule has 0 saturated heterocycles. The van der Waals surface area contributed by atoms with Crippen LogP contribution in [-0.4, -0.2) is 32.9 Å². The molecule has 2 rings (SSSR count). The summed E-state index contributed by atoms with van der Waals surface area (Å²) < 4.78 is 48.9. The van der Waals surface area contributed by atoms with Crippen LogP contribution in [0.1, 0.15) is 14.5 Å². The zero-order valence-electron chi connectivity index (χ0n) is 13.2. The third-order valence-electron chi connectivity index (χ3n) is 2.96. The van der Waals surface area contributed by atoms with Gasteiger partial charge in [0.2, 0.25) is 10.0 Å². The fraction of sp³-hybridized carbons (Fsp3) is 0.267. The zero-order chi connectivity index (χ0) is 18.4. The number of thioether (sulfide) groups is 1. The van der Waals surface area contributed by atoms with Crippen LogP contribution in [0.15, 0.2) is 41.3 Å². The Morgan fingerprint density at radius 1 is 1.20 bits per heavy atom. The van der Waals surface area contributed by atoms with Gasteiger partial charge in [0.05, 0.1) is 11.1 Å². The van der Waals surface area contributed by atoms with E-state index in [4.69, 9.17) is 0 Å². The van der Waals surface area contributed by atoms with E-state index in [1.54, 1.807) is 24.3 Å². The van der Waals surface area contributed by atoms with Crippen LogP contribution < -0.4 is 10.0 Å². The Morgan fingerprint density at radius 3 is 2.48 bits per heavy atom. The quantitative estimate of drug-likeness (QED) is 0.659. The van der Waals surface area contributed by atoms with E-state index in [2.05, 4.69) is 10.0 Å². The lowest BCUT2D eigenvalue weighted by atomic mass is 10.3. The number of alkyl halides is 2. The van der Waals surface area contributed by atoms with Crippen molar-refractivity contribution in [2.75, 3.05) is 18.1 Å². The molecule has 0 aliphatic heterocycles. The first-order valence-electron chi connectivity index (χ1n) is 7.12. The van der Waals surface area contributed by atoms with Crippen molar-refractivity contribution >= 4 is 44.7 Å². The van der Waals surface area contributed by atoms with Crippen LogP contribution in [0, 0.1) is 0 Å². The van der Waals surface area contributed by atoms with E-state index in [0.29, 0.717) is 33.6 Å². The summed E-state index contributed by atoms with van der Waals surface area (Å²) in [4.78, 5) is 14.0. The standard InChI is InChI=1S/C15H16F2N2O3S3/c1-25(21,22)18-9-8-12-6-7-13(23-12)14(20)19-10-2-4-11(5-3-10)24-15(16)17/h2-7,15,18H,8-9H2,1H3,(H,19,20). The number of carbonyl (C=O) groups excluding carboxylic acids is 1. The number of nitrogens with one attached hydrogen (secondary N) is 2. The summed E-state index contributed by atoms with van der Waals surface area (Å²) in [6, 6.07) is 9.59. The number of hydrogen-bond donors (Lipinski definition) is 2. The maximum absolute atomic E-state index is 12.3. The molecule has 0 aliphatic carbocycles. The average molecular weight is 407 g/mol. The molecule has 0 saturated carbocycles. The van der Waals surface area contributed by atoms with Gasteiger partial charge in [-0.05, 0) is 42.8 Å². The molecule has 0 atom stereocenters. The number of thiophene rings is 1. The first kappa shape index (κ1) is 19.8. The zero-order valence-corrected chi connectivity index (χ0v) is 15.6. The summed E-state index contributed by atoms with van der Waals surface area (Å²) in [5.74, 6) is -2.79. The van der Waals surface area contributed by atoms with E-state index in [1.165, 1.54) is 23.5 Å². The van der Waals surface area contributed by atoms with Crippen molar-refractivity contribution in [2.45, 2.75) is 17.1 Å². The molecule has 2 aromatic rings. The van der Waals surface area contributed by atoms with Gasteiger partial charge in [-0.2, -0.15) is 8.78 Å². The number of sulfonamides is 1. The summed E-state index contributed by atoms with van der Waals surface area (Å²) in [7, 11) is -3.23. The summed E-state index contributed by atoms with van der Waals surface area (Å²) in [6.45, 7) is 0.268. The molecule has 0 fully saturated rings. The monoisotopic (exact) mass is 406 g/mol. The predicted octanol–water partition coefficient (Wildman–Crippen LogP) is 3.41. The predicted molar refractivity (Wildman–Crippen MR) is 97.1 cm³/mol. The second-order valence-corrected chi connectivity index (χ2v) is 9.10. The third-order valence-corrected chi connectivity index (χ3v) is 5.55. The van der Waals surface area contributed by atoms with Crippen LogP contribution in [0.2, 0.25) is 0 Å². The molecule has 1 aromatic carbocycles. The molecule has 0 unspecified atom stereocenters. The van der Waals surface area contributed by atoms with Gasteiger partial charge in [-0.15, -0.1) is 11.3 Å². The van der Waals surface area contributed by atoms with Gasteiger partial charge in [-0.3, -0.25) is 4.79 Å². The minimum Gasteiger partial charge on any atom is -0.321 e. The summed E-state index contributed by atoms with van der Waals surface area (Å²) >= 11 is 1.71. The van der Waals surface area contributed by atoms with Gasteiger partial charge in [0.25, 0.3) is 11.7 Å². The topological polar surface area (TPSA) is 75.3 Å². The van der Waals surface area contributed by atoms with Gasteiger partial charge in [0.15, 0.2) is 0 Å². The van der Waals surface area contributed by atoms with Crippen molar-refractivity contribution in [1.29, 1.82) is 0 Å². The van der Waals surface area contributed by atoms with Crippen molar-refractivity contribution in [3.8, 4) is 0 Å². The highest BCUT2D eigenvalue weighted by molar-refractivity contribution is 7.99. The second kappa shape index (κ2) is 8.75. The first-order chi connectivity index (χ1) is 11.7. The largest absolute Gasteiger partial charge is 0.321 e. The Balaban J connectivity index is 1.90. The van der Waals surface area contributed by atoms with Gasteiger partial charge in [0.1, 0.15) is 0 Å². The molecule has 0 aliphatic rings. The number of benzene rings is 1. The van der Waals surface area contributed by atoms with Crippen LogP contribution in [0.25, 0.3) is 0 Å². The van der Waals surface area contributed by atoms with Crippen LogP contribution >= 0.6 is 23.1 Å². The molecule has 25 heavy (non-hydrogen) atoms. The van der Waals surface area contributed by atoms with E-state index in [9.17, 15) is 22.0 Å². The molecule has 136 valence electrons. The lowest BCUT2D eigenvalue weighted by molar-refractivity contribution is 0.103. The molecule has 5 nitrogen and oxygen atoms in total. The number of carbonyl (C=O) groups is 1. The maximum atomic E-state index is 12.3. The van der Waals surface area contributed by atoms with E-state index >= 15 is 0 Å². The van der Waals surface area contributed by atoms with Crippen molar-refractivity contribution in [3.05, 3.63) is 46.2 Å². The molecule has 10 heteroatoms. The van der Waals surface area contributed by atoms with Crippen molar-refractivity contribution in [3.63, 3.8) is 0 Å². The molecule has 0 bridgehead atoms. The van der Waals surface area contributed by atoms with Gasteiger partial charge >= 0.3 is 0 Å². The SMILES string of the molecule is CS(=O)(=O)NCCc1ccc(C(=O)Nc2ccc(SC(F)F)cc2)s1. The highest BCUT2D eigenvalue weighted by Crippen LogP contribution is 2.26. The molecular weight excluding hydrogens is 390 g/mol. The molecule has 1 heterocycles. The van der Waals surface area contributed by atoms with Crippen molar-refractivity contribution < 1.29 is 22.0 Å². The Labute approximate surface area is 152 Å². The first-order valence-corrected chi connectivity index (χ1v) is 10.7. The van der Waals surface area contributed by atoms with Crippen LogP contribution in [0.5, 0.6) is 0 Å². The van der Waals surface area contributed by atoms with Gasteiger partial charge < -0.3 is 5.32 Å². The Bertz CT molecular complexity index is 821. The van der Waals surface area contributed by atoms with E-state index in [0.717, 1.165) is 11.1 Å². The Hall–Kier alpha value is -1.49. The fourth-order valence-corrected chi connectivity index (χ4v) is 3.78. The molecule has 1 aromatic heterocycles. The summed E-state index contributed by atoms with van der Waals surface area (Å²) in [5.41, 5.74) is 0.511. The molecular formula is C15H16F2N2O3S3. The smallest absolute Gasteiger partial charge is 0.288 e. The van der Waals surface area contributed by atoms with Gasteiger partial charge in [0, 0.05) is 22.0 Å². The lowest BCUT2D eigenvalue weighted by Gasteiger charge is -2.05. The van der Waals surface area contributed by atoms with Crippen molar-refractivity contribution in [1.82, 2.24) is 4.72 Å². The minimum atomic E-state index is -3.23.